The van der Waals surface area contributed by atoms with Crippen molar-refractivity contribution in [3.63, 3.8) is 0 Å². The molecule has 0 amide bonds. The molecule has 5 nitrogen and oxygen atoms in total. The van der Waals surface area contributed by atoms with Gasteiger partial charge in [0.25, 0.3) is 0 Å². The summed E-state index contributed by atoms with van der Waals surface area (Å²) < 4.78 is 12.7. The second-order valence-corrected chi connectivity index (χ2v) is 9.17. The van der Waals surface area contributed by atoms with Gasteiger partial charge in [-0.3, -0.25) is 4.79 Å². The molecular weight excluding hydrogens is 342 g/mol. The molecule has 2 spiro atoms. The number of methoxy groups -OCH3 is 1. The summed E-state index contributed by atoms with van der Waals surface area (Å²) in [5, 5.41) is 10.6. The zero-order chi connectivity index (χ0) is 18.8. The van der Waals surface area contributed by atoms with Crippen molar-refractivity contribution >= 4 is 5.78 Å². The van der Waals surface area contributed by atoms with E-state index in [1.807, 2.05) is 0 Å². The van der Waals surface area contributed by atoms with Crippen LogP contribution in [0.15, 0.2) is 24.3 Å². The van der Waals surface area contributed by atoms with E-state index in [2.05, 4.69) is 30.2 Å². The Balaban J connectivity index is 1.73. The Hall–Kier alpha value is -1.85. The van der Waals surface area contributed by atoms with E-state index in [9.17, 15) is 9.90 Å². The number of hydrogen-bond acceptors (Lipinski definition) is 5. The van der Waals surface area contributed by atoms with E-state index in [1.165, 1.54) is 11.1 Å². The maximum atomic E-state index is 12.7. The fourth-order valence-electron chi connectivity index (χ4n) is 7.52. The maximum Gasteiger partial charge on any atom is 0.165 e. The third kappa shape index (κ3) is 1.43. The molecule has 1 unspecified atom stereocenters. The summed E-state index contributed by atoms with van der Waals surface area (Å²) in [4.78, 5) is 15.2. The van der Waals surface area contributed by atoms with E-state index in [1.54, 1.807) is 20.1 Å². The monoisotopic (exact) mass is 367 g/mol. The van der Waals surface area contributed by atoms with E-state index >= 15 is 0 Å². The molecule has 6 aliphatic rings. The average molecular weight is 367 g/mol. The van der Waals surface area contributed by atoms with Gasteiger partial charge in [0.05, 0.1) is 11.3 Å². The number of likely N-dealkylation sites (tertiary alicyclic amines) is 1. The van der Waals surface area contributed by atoms with E-state index in [0.29, 0.717) is 11.8 Å². The minimum atomic E-state index is -0.770. The van der Waals surface area contributed by atoms with Crippen molar-refractivity contribution in [2.45, 2.75) is 49.3 Å². The summed E-state index contributed by atoms with van der Waals surface area (Å²) in [5.41, 5.74) is 1.30. The molecule has 0 radical (unpaired) electrons. The molecule has 27 heavy (non-hydrogen) atoms. The van der Waals surface area contributed by atoms with Gasteiger partial charge in [-0.1, -0.05) is 18.2 Å². The van der Waals surface area contributed by atoms with Crippen LogP contribution in [0.3, 0.4) is 0 Å². The van der Waals surface area contributed by atoms with Crippen LogP contribution in [0.4, 0.5) is 0 Å². The number of phenols is 1. The van der Waals surface area contributed by atoms with E-state index in [0.717, 1.165) is 25.8 Å². The van der Waals surface area contributed by atoms with Crippen molar-refractivity contribution in [3.8, 4) is 11.5 Å². The molecule has 2 fully saturated rings. The summed E-state index contributed by atoms with van der Waals surface area (Å²) in [5.74, 6) is 0.762. The van der Waals surface area contributed by atoms with Gasteiger partial charge in [0.15, 0.2) is 11.5 Å². The molecule has 4 bridgehead atoms. The van der Waals surface area contributed by atoms with Crippen molar-refractivity contribution in [2.24, 2.45) is 11.3 Å². The van der Waals surface area contributed by atoms with Gasteiger partial charge in [-0.25, -0.2) is 0 Å². The second-order valence-electron chi connectivity index (χ2n) is 9.17. The minimum Gasteiger partial charge on any atom is -0.504 e. The van der Waals surface area contributed by atoms with Crippen molar-refractivity contribution < 1.29 is 19.4 Å². The van der Waals surface area contributed by atoms with Crippen LogP contribution in [0.1, 0.15) is 30.9 Å². The zero-order valence-corrected chi connectivity index (χ0v) is 16.0. The van der Waals surface area contributed by atoms with Crippen LogP contribution in [-0.2, 0) is 21.4 Å². The lowest BCUT2D eigenvalue weighted by Gasteiger charge is -2.70. The van der Waals surface area contributed by atoms with Crippen LogP contribution in [-0.4, -0.2) is 54.2 Å². The van der Waals surface area contributed by atoms with Gasteiger partial charge in [-0.2, -0.15) is 0 Å². The standard InChI is InChI=1S/C22H25NO4/c1-12(24)14-11-20-6-7-22(14,26-3)19-21(20)8-9-23(2)16(20)10-13-4-5-15(25)18(27-19)17(13)21/h4-7,14,16,19,25H,8-11H2,1-3H3/t14-,16-,19-,20+,21+,22?/m1/s1. The van der Waals surface area contributed by atoms with Crippen LogP contribution >= 0.6 is 0 Å². The lowest BCUT2D eigenvalue weighted by atomic mass is 9.37. The van der Waals surface area contributed by atoms with Crippen LogP contribution in [0.2, 0.25) is 0 Å². The zero-order valence-electron chi connectivity index (χ0n) is 16.0. The Bertz CT molecular complexity index is 925. The molecule has 2 heterocycles. The number of nitrogens with zero attached hydrogens (tertiary/aromatic N) is 1. The van der Waals surface area contributed by atoms with Gasteiger partial charge in [-0.05, 0) is 51.4 Å². The van der Waals surface area contributed by atoms with Gasteiger partial charge in [0, 0.05) is 24.1 Å². The first-order valence-electron chi connectivity index (χ1n) is 9.89. The lowest BCUT2D eigenvalue weighted by Crippen LogP contribution is -2.79. The number of hydrogen-bond donors (Lipinski definition) is 1. The summed E-state index contributed by atoms with van der Waals surface area (Å²) >= 11 is 0. The first-order valence-corrected chi connectivity index (χ1v) is 9.89. The summed E-state index contributed by atoms with van der Waals surface area (Å²) in [7, 11) is 3.89. The molecule has 1 saturated heterocycles. The smallest absolute Gasteiger partial charge is 0.165 e. The van der Waals surface area contributed by atoms with Crippen molar-refractivity contribution in [3.05, 3.63) is 35.4 Å². The molecule has 142 valence electrons. The number of likely N-dealkylation sites (N-methyl/N-ethyl adjacent to an activating group) is 1. The Morgan fingerprint density at radius 3 is 2.93 bits per heavy atom. The van der Waals surface area contributed by atoms with E-state index in [-0.39, 0.29) is 34.4 Å². The number of ether oxygens (including phenoxy) is 2. The number of carbonyl (C=O) groups is 1. The van der Waals surface area contributed by atoms with Crippen molar-refractivity contribution in [1.82, 2.24) is 4.90 Å². The molecule has 0 aromatic heterocycles. The number of rotatable bonds is 2. The van der Waals surface area contributed by atoms with Crippen LogP contribution in [0, 0.1) is 11.3 Å². The van der Waals surface area contributed by atoms with Crippen LogP contribution < -0.4 is 4.74 Å². The molecule has 4 aliphatic carbocycles. The number of Topliss-reactive ketones (excluding diaryl/α,β-unsaturated/α-hetero) is 1. The predicted octanol–water partition coefficient (Wildman–Crippen LogP) is 2.20. The van der Waals surface area contributed by atoms with Gasteiger partial charge in [0.2, 0.25) is 0 Å². The average Bonchev–Trinajstić information content (AvgIpc) is 3.03. The second kappa shape index (κ2) is 4.58. The first kappa shape index (κ1) is 16.1. The number of fused-ring (bicyclic) bond motifs is 1. The van der Waals surface area contributed by atoms with Crippen LogP contribution in [0.25, 0.3) is 0 Å². The molecular formula is C22H25NO4. The van der Waals surface area contributed by atoms with Gasteiger partial charge in [-0.15, -0.1) is 0 Å². The summed E-state index contributed by atoms with van der Waals surface area (Å²) in [6.07, 6.45) is 6.85. The molecule has 1 aromatic carbocycles. The third-order valence-corrected chi connectivity index (χ3v) is 8.56. The maximum absolute atomic E-state index is 12.7. The minimum absolute atomic E-state index is 0.158. The number of piperidine rings is 1. The highest BCUT2D eigenvalue weighted by Gasteiger charge is 2.79. The first-order chi connectivity index (χ1) is 12.9. The predicted molar refractivity (Wildman–Crippen MR) is 99.0 cm³/mol. The molecule has 5 heteroatoms. The normalized spacial score (nSPS) is 45.5. The number of carbonyl (C=O) groups excluding carboxylic acids is 1. The fourth-order valence-corrected chi connectivity index (χ4v) is 7.52. The molecule has 1 saturated carbocycles. The van der Waals surface area contributed by atoms with Crippen molar-refractivity contribution in [2.75, 3.05) is 20.7 Å². The lowest BCUT2D eigenvalue weighted by molar-refractivity contribution is -0.212. The third-order valence-electron chi connectivity index (χ3n) is 8.56. The Morgan fingerprint density at radius 2 is 2.19 bits per heavy atom. The van der Waals surface area contributed by atoms with Gasteiger partial charge >= 0.3 is 0 Å². The quantitative estimate of drug-likeness (QED) is 0.812. The molecule has 7 rings (SSSR count). The highest BCUT2D eigenvalue weighted by molar-refractivity contribution is 5.82. The van der Waals surface area contributed by atoms with Crippen molar-refractivity contribution in [1.29, 1.82) is 0 Å². The van der Waals surface area contributed by atoms with E-state index < -0.39 is 5.60 Å². The molecule has 2 aliphatic heterocycles. The van der Waals surface area contributed by atoms with Crippen LogP contribution in [0.5, 0.6) is 11.5 Å². The fraction of sp³-hybridized carbons (Fsp3) is 0.591. The molecule has 1 N–H and O–H groups in total. The number of aromatic hydroxyl groups is 1. The number of benzene rings is 1. The highest BCUT2D eigenvalue weighted by Crippen LogP contribution is 2.74. The SMILES string of the molecule is COC12C=C[C@]3(C[C@@H]1C(C)=O)[C@H]1Cc4ccc(O)c5c4[C@@]3(CCN1C)[C@H]2O5. The van der Waals surface area contributed by atoms with Gasteiger partial charge < -0.3 is 19.5 Å². The Kier molecular flexibility index (Phi) is 2.74. The van der Waals surface area contributed by atoms with Gasteiger partial charge in [0.1, 0.15) is 17.5 Å². The summed E-state index contributed by atoms with van der Waals surface area (Å²) in [6, 6.07) is 4.15. The largest absolute Gasteiger partial charge is 0.504 e. The van der Waals surface area contributed by atoms with E-state index in [4.69, 9.17) is 9.47 Å². The number of phenolic OH excluding ortho intramolecular Hbond substituents is 1. The highest BCUT2D eigenvalue weighted by atomic mass is 16.6. The summed E-state index contributed by atoms with van der Waals surface area (Å²) in [6.45, 7) is 2.66. The topological polar surface area (TPSA) is 59.0 Å². The number of ketones is 1. The molecule has 1 aromatic rings. The Labute approximate surface area is 158 Å². The Morgan fingerprint density at radius 1 is 1.37 bits per heavy atom. The molecule has 6 atom stereocenters.